The molecule has 1 aliphatic rings. The Morgan fingerprint density at radius 1 is 1.17 bits per heavy atom. The number of likely N-dealkylation sites (N-methyl/N-ethyl adjacent to an activating group) is 1. The van der Waals surface area contributed by atoms with Crippen LogP contribution in [0.5, 0.6) is 16.7 Å². The highest BCUT2D eigenvalue weighted by molar-refractivity contribution is 7.18. The van der Waals surface area contributed by atoms with E-state index in [2.05, 4.69) is 15.4 Å². The molecule has 6 rings (SSSR count). The van der Waals surface area contributed by atoms with Crippen LogP contribution in [-0.2, 0) is 21.7 Å². The van der Waals surface area contributed by atoms with Crippen molar-refractivity contribution in [3.63, 3.8) is 0 Å². The van der Waals surface area contributed by atoms with Crippen LogP contribution in [0.2, 0.25) is 0 Å². The average Bonchev–Trinajstić information content (AvgIpc) is 3.74. The van der Waals surface area contributed by atoms with E-state index in [-0.39, 0.29) is 12.5 Å². The summed E-state index contributed by atoms with van der Waals surface area (Å²) in [7, 11) is 6.93. The third kappa shape index (κ3) is 5.60. The number of aromatic nitrogens is 4. The van der Waals surface area contributed by atoms with Crippen molar-refractivity contribution in [1.82, 2.24) is 29.8 Å². The fourth-order valence-electron chi connectivity index (χ4n) is 4.78. The molecule has 1 aromatic carbocycles. The van der Waals surface area contributed by atoms with Gasteiger partial charge in [0.25, 0.3) is 5.19 Å². The van der Waals surface area contributed by atoms with Crippen LogP contribution >= 0.6 is 22.7 Å². The molecule has 0 bridgehead atoms. The van der Waals surface area contributed by atoms with Gasteiger partial charge in [-0.15, -0.1) is 16.4 Å². The zero-order valence-electron chi connectivity index (χ0n) is 23.1. The predicted molar refractivity (Wildman–Crippen MR) is 154 cm³/mol. The Morgan fingerprint density at radius 2 is 2.00 bits per heavy atom. The monoisotopic (exact) mass is 598 g/mol. The van der Waals surface area contributed by atoms with E-state index in [0.717, 1.165) is 16.1 Å². The minimum absolute atomic E-state index is 0.0353. The van der Waals surface area contributed by atoms with E-state index >= 15 is 0 Å². The standard InChI is InChI=1S/C27H30N6O6S2/c1-32(2)13-23(34)30-27(5-7-37-8-6-27)24-28-16(15-40-24)14-38-20-9-17(35-3)10-21-18(20)11-22(39-21)19-12-33-25(29-19)41-26(31-33)36-4/h9-12,15H,5-8,13-14H2,1-4H3,(H,30,34). The van der Waals surface area contributed by atoms with Crippen molar-refractivity contribution in [3.05, 3.63) is 40.5 Å². The quantitative estimate of drug-likeness (QED) is 0.253. The summed E-state index contributed by atoms with van der Waals surface area (Å²) in [5.74, 6) is 1.76. The second-order valence-corrected chi connectivity index (χ2v) is 11.8. The van der Waals surface area contributed by atoms with E-state index in [1.54, 1.807) is 24.9 Å². The molecule has 5 heterocycles. The molecule has 0 aliphatic carbocycles. The molecule has 0 spiro atoms. The lowest BCUT2D eigenvalue weighted by Crippen LogP contribution is -2.51. The van der Waals surface area contributed by atoms with Crippen LogP contribution in [0.3, 0.4) is 0 Å². The van der Waals surface area contributed by atoms with E-state index in [4.69, 9.17) is 28.3 Å². The van der Waals surface area contributed by atoms with Crippen LogP contribution < -0.4 is 19.5 Å². The van der Waals surface area contributed by atoms with Crippen molar-refractivity contribution in [3.8, 4) is 28.1 Å². The lowest BCUT2D eigenvalue weighted by atomic mass is 9.90. The van der Waals surface area contributed by atoms with Gasteiger partial charge in [-0.05, 0) is 31.5 Å². The maximum absolute atomic E-state index is 12.7. The zero-order valence-corrected chi connectivity index (χ0v) is 24.8. The summed E-state index contributed by atoms with van der Waals surface area (Å²) in [6, 6.07) is 5.55. The van der Waals surface area contributed by atoms with Crippen molar-refractivity contribution >= 4 is 44.5 Å². The van der Waals surface area contributed by atoms with E-state index in [0.29, 0.717) is 71.3 Å². The lowest BCUT2D eigenvalue weighted by molar-refractivity contribution is -0.125. The Bertz CT molecular complexity index is 1650. The summed E-state index contributed by atoms with van der Waals surface area (Å²) in [5, 5.41) is 11.7. The summed E-state index contributed by atoms with van der Waals surface area (Å²) in [6.07, 6.45) is 3.13. The highest BCUT2D eigenvalue weighted by Gasteiger charge is 2.38. The van der Waals surface area contributed by atoms with E-state index in [1.807, 2.05) is 42.6 Å². The first kappa shape index (κ1) is 27.4. The van der Waals surface area contributed by atoms with Crippen molar-refractivity contribution in [1.29, 1.82) is 0 Å². The van der Waals surface area contributed by atoms with Gasteiger partial charge in [0.15, 0.2) is 5.76 Å². The summed E-state index contributed by atoms with van der Waals surface area (Å²) in [4.78, 5) is 24.8. The van der Waals surface area contributed by atoms with Crippen LogP contribution in [0.15, 0.2) is 34.2 Å². The number of hydrogen-bond donors (Lipinski definition) is 1. The predicted octanol–water partition coefficient (Wildman–Crippen LogP) is 3.94. The molecule has 1 fully saturated rings. The van der Waals surface area contributed by atoms with E-state index in [9.17, 15) is 4.79 Å². The maximum Gasteiger partial charge on any atom is 0.294 e. The number of furan rings is 1. The summed E-state index contributed by atoms with van der Waals surface area (Å²) in [5.41, 5.74) is 1.48. The molecule has 0 atom stereocenters. The van der Waals surface area contributed by atoms with Gasteiger partial charge in [0.2, 0.25) is 10.9 Å². The molecule has 5 aromatic rings. The third-order valence-corrected chi connectivity index (χ3v) is 8.76. The number of hydrogen-bond acceptors (Lipinski definition) is 12. The van der Waals surface area contributed by atoms with Crippen molar-refractivity contribution in [2.45, 2.75) is 25.0 Å². The molecular weight excluding hydrogens is 568 g/mol. The Labute approximate surface area is 243 Å². The number of methoxy groups -OCH3 is 2. The van der Waals surface area contributed by atoms with Crippen LogP contribution in [0.25, 0.3) is 27.4 Å². The van der Waals surface area contributed by atoms with Gasteiger partial charge in [-0.2, -0.15) is 0 Å². The first-order valence-corrected chi connectivity index (χ1v) is 14.7. The zero-order chi connectivity index (χ0) is 28.6. The molecule has 14 heteroatoms. The van der Waals surface area contributed by atoms with Gasteiger partial charge in [-0.3, -0.25) is 4.79 Å². The van der Waals surface area contributed by atoms with E-state index < -0.39 is 5.54 Å². The first-order valence-electron chi connectivity index (χ1n) is 13.0. The molecule has 1 N–H and O–H groups in total. The number of carbonyl (C=O) groups is 1. The molecule has 1 amide bonds. The Hall–Kier alpha value is -3.72. The molecule has 41 heavy (non-hydrogen) atoms. The normalized spacial score (nSPS) is 15.0. The maximum atomic E-state index is 12.7. The molecular formula is C27H30N6O6S2. The minimum atomic E-state index is -0.547. The largest absolute Gasteiger partial charge is 0.496 e. The third-order valence-electron chi connectivity index (χ3n) is 6.78. The fourth-order valence-corrected chi connectivity index (χ4v) is 6.50. The number of benzene rings is 1. The summed E-state index contributed by atoms with van der Waals surface area (Å²) in [6.45, 7) is 1.68. The molecule has 0 radical (unpaired) electrons. The highest BCUT2D eigenvalue weighted by atomic mass is 32.1. The van der Waals surface area contributed by atoms with Gasteiger partial charge >= 0.3 is 0 Å². The number of ether oxygens (including phenoxy) is 4. The van der Waals surface area contributed by atoms with Crippen LogP contribution in [-0.4, -0.2) is 78.5 Å². The average molecular weight is 599 g/mol. The minimum Gasteiger partial charge on any atom is -0.496 e. The second kappa shape index (κ2) is 11.3. The van der Waals surface area contributed by atoms with Gasteiger partial charge in [-0.25, -0.2) is 14.5 Å². The molecule has 1 aliphatic heterocycles. The number of nitrogens with zero attached hydrogens (tertiary/aromatic N) is 5. The fraction of sp³-hybridized carbons (Fsp3) is 0.407. The van der Waals surface area contributed by atoms with Crippen molar-refractivity contribution in [2.24, 2.45) is 0 Å². The van der Waals surface area contributed by atoms with Crippen LogP contribution in [0.4, 0.5) is 0 Å². The van der Waals surface area contributed by atoms with Crippen molar-refractivity contribution < 1.29 is 28.2 Å². The number of amides is 1. The van der Waals surface area contributed by atoms with Gasteiger partial charge in [0, 0.05) is 43.6 Å². The van der Waals surface area contributed by atoms with Crippen molar-refractivity contribution in [2.75, 3.05) is 48.1 Å². The van der Waals surface area contributed by atoms with Gasteiger partial charge < -0.3 is 33.6 Å². The van der Waals surface area contributed by atoms with Gasteiger partial charge in [0.05, 0.1) is 43.6 Å². The number of nitrogens with one attached hydrogen (secondary N) is 1. The molecule has 0 unspecified atom stereocenters. The second-order valence-electron chi connectivity index (χ2n) is 9.99. The Morgan fingerprint density at radius 3 is 2.73 bits per heavy atom. The first-order chi connectivity index (χ1) is 19.9. The number of carbonyl (C=O) groups excluding carboxylic acids is 1. The number of fused-ring (bicyclic) bond motifs is 2. The topological polar surface area (TPSA) is 125 Å². The Balaban J connectivity index is 1.24. The van der Waals surface area contributed by atoms with E-state index in [1.165, 1.54) is 22.7 Å². The number of thiazole rings is 1. The molecule has 216 valence electrons. The highest BCUT2D eigenvalue weighted by Crippen LogP contribution is 2.38. The van der Waals surface area contributed by atoms with Gasteiger partial charge in [0.1, 0.15) is 34.4 Å². The summed E-state index contributed by atoms with van der Waals surface area (Å²) >= 11 is 2.87. The van der Waals surface area contributed by atoms with Crippen LogP contribution in [0, 0.1) is 0 Å². The smallest absolute Gasteiger partial charge is 0.294 e. The van der Waals surface area contributed by atoms with Gasteiger partial charge in [-0.1, -0.05) is 0 Å². The number of imidazole rings is 1. The summed E-state index contributed by atoms with van der Waals surface area (Å²) < 4.78 is 30.4. The van der Waals surface area contributed by atoms with Crippen LogP contribution in [0.1, 0.15) is 23.5 Å². The lowest BCUT2D eigenvalue weighted by Gasteiger charge is -2.36. The Kier molecular flexibility index (Phi) is 7.55. The molecule has 1 saturated heterocycles. The SMILES string of the molecule is COc1cc(OCc2csc(C3(NC(=O)CN(C)C)CCOCC3)n2)c2cc(-c3cn4nc(OC)sc4n3)oc2c1. The molecule has 12 nitrogen and oxygen atoms in total. The molecule has 0 saturated carbocycles. The number of rotatable bonds is 10. The molecule has 4 aromatic heterocycles.